The van der Waals surface area contributed by atoms with Crippen molar-refractivity contribution >= 4 is 37.7 Å². The number of hydrogen-bond donors (Lipinski definition) is 1. The number of aliphatic hydroxyl groups is 1. The van der Waals surface area contributed by atoms with Crippen molar-refractivity contribution in [2.75, 3.05) is 27.7 Å². The Kier molecular flexibility index (Phi) is 6.89. The lowest BCUT2D eigenvalue weighted by molar-refractivity contribution is 0.00405. The highest BCUT2D eigenvalue weighted by molar-refractivity contribution is 9.10. The predicted octanol–water partition coefficient (Wildman–Crippen LogP) is 7.33. The molecule has 0 aliphatic rings. The third-order valence-corrected chi connectivity index (χ3v) is 7.46. The number of nitrogens with zero attached hydrogens (tertiary/aromatic N) is 1. The largest absolute Gasteiger partial charge is 0.496 e. The smallest absolute Gasteiger partial charge is 0.133 e. The molecular formula is C31H30BrNO3. The van der Waals surface area contributed by atoms with Crippen molar-refractivity contribution in [1.29, 1.82) is 0 Å². The van der Waals surface area contributed by atoms with Gasteiger partial charge in [0, 0.05) is 27.9 Å². The summed E-state index contributed by atoms with van der Waals surface area (Å²) in [6, 6.07) is 28.6. The van der Waals surface area contributed by atoms with Crippen molar-refractivity contribution in [3.63, 3.8) is 0 Å². The molecule has 0 fully saturated rings. The first-order valence-electron chi connectivity index (χ1n) is 12.1. The van der Waals surface area contributed by atoms with E-state index in [-0.39, 0.29) is 5.92 Å². The third kappa shape index (κ3) is 4.66. The van der Waals surface area contributed by atoms with Crippen LogP contribution >= 0.6 is 15.9 Å². The van der Waals surface area contributed by atoms with E-state index in [0.717, 1.165) is 48.7 Å². The SMILES string of the molecule is COc1cc2ccc(Br)cc2cc1[C@@H](c1ccccc1)[C@@](O)(CCN(C)C)c1ccc2occc2c1. The number of hydrogen-bond acceptors (Lipinski definition) is 4. The van der Waals surface area contributed by atoms with Crippen LogP contribution in [0.5, 0.6) is 5.75 Å². The highest BCUT2D eigenvalue weighted by Gasteiger charge is 2.42. The summed E-state index contributed by atoms with van der Waals surface area (Å²) in [5, 5.41) is 16.0. The van der Waals surface area contributed by atoms with Crippen molar-refractivity contribution < 1.29 is 14.3 Å². The van der Waals surface area contributed by atoms with Crippen LogP contribution in [0.25, 0.3) is 21.7 Å². The second-order valence-corrected chi connectivity index (χ2v) is 10.5. The van der Waals surface area contributed by atoms with Gasteiger partial charge in [0.05, 0.1) is 13.4 Å². The molecule has 0 amide bonds. The lowest BCUT2D eigenvalue weighted by Gasteiger charge is -2.39. The minimum Gasteiger partial charge on any atom is -0.496 e. The molecule has 0 aliphatic carbocycles. The van der Waals surface area contributed by atoms with E-state index in [1.54, 1.807) is 13.4 Å². The second-order valence-electron chi connectivity index (χ2n) is 9.58. The highest BCUT2D eigenvalue weighted by Crippen LogP contribution is 2.48. The monoisotopic (exact) mass is 543 g/mol. The molecule has 0 bridgehead atoms. The van der Waals surface area contributed by atoms with E-state index in [1.165, 1.54) is 0 Å². The molecule has 0 saturated heterocycles. The second kappa shape index (κ2) is 10.1. The van der Waals surface area contributed by atoms with Gasteiger partial charge in [-0.15, -0.1) is 0 Å². The van der Waals surface area contributed by atoms with Crippen LogP contribution in [0, 0.1) is 0 Å². The minimum atomic E-state index is -1.22. The Morgan fingerprint density at radius 3 is 2.47 bits per heavy atom. The fourth-order valence-electron chi connectivity index (χ4n) is 5.11. The molecule has 184 valence electrons. The molecular weight excluding hydrogens is 514 g/mol. The number of furan rings is 1. The van der Waals surface area contributed by atoms with Gasteiger partial charge in [0.25, 0.3) is 0 Å². The van der Waals surface area contributed by atoms with Crippen molar-refractivity contribution in [2.45, 2.75) is 17.9 Å². The Balaban J connectivity index is 1.79. The first-order valence-corrected chi connectivity index (χ1v) is 12.9. The number of ether oxygens (including phenoxy) is 1. The summed E-state index contributed by atoms with van der Waals surface area (Å²) in [5.74, 6) is 0.382. The van der Waals surface area contributed by atoms with Crippen LogP contribution in [0.4, 0.5) is 0 Å². The van der Waals surface area contributed by atoms with E-state index in [1.807, 2.05) is 56.6 Å². The maximum atomic E-state index is 12.8. The van der Waals surface area contributed by atoms with Gasteiger partial charge in [0.15, 0.2) is 0 Å². The molecule has 0 radical (unpaired) electrons. The molecule has 36 heavy (non-hydrogen) atoms. The molecule has 4 aromatic carbocycles. The van der Waals surface area contributed by atoms with Crippen LogP contribution in [0.2, 0.25) is 0 Å². The van der Waals surface area contributed by atoms with E-state index in [4.69, 9.17) is 9.15 Å². The van der Waals surface area contributed by atoms with Gasteiger partial charge in [-0.2, -0.15) is 0 Å². The van der Waals surface area contributed by atoms with E-state index in [2.05, 4.69) is 63.3 Å². The number of fused-ring (bicyclic) bond motifs is 2. The van der Waals surface area contributed by atoms with Gasteiger partial charge in [-0.1, -0.05) is 58.4 Å². The lowest BCUT2D eigenvalue weighted by atomic mass is 9.71. The Hall–Kier alpha value is -3.12. The molecule has 5 heteroatoms. The van der Waals surface area contributed by atoms with Crippen LogP contribution < -0.4 is 4.74 Å². The fraction of sp³-hybridized carbons (Fsp3) is 0.226. The summed E-state index contributed by atoms with van der Waals surface area (Å²) < 4.78 is 12.6. The van der Waals surface area contributed by atoms with E-state index in [0.29, 0.717) is 13.0 Å². The molecule has 5 rings (SSSR count). The number of methoxy groups -OCH3 is 1. The van der Waals surface area contributed by atoms with Gasteiger partial charge < -0.3 is 19.2 Å². The van der Waals surface area contributed by atoms with Gasteiger partial charge in [0.1, 0.15) is 16.9 Å². The minimum absolute atomic E-state index is 0.374. The third-order valence-electron chi connectivity index (χ3n) is 6.96. The summed E-state index contributed by atoms with van der Waals surface area (Å²) in [7, 11) is 5.76. The topological polar surface area (TPSA) is 45.8 Å². The lowest BCUT2D eigenvalue weighted by Crippen LogP contribution is -2.37. The average Bonchev–Trinajstić information content (AvgIpc) is 3.36. The molecule has 1 aromatic heterocycles. The molecule has 4 nitrogen and oxygen atoms in total. The van der Waals surface area contributed by atoms with Crippen LogP contribution in [0.1, 0.15) is 29.0 Å². The summed E-state index contributed by atoms with van der Waals surface area (Å²) >= 11 is 3.62. The maximum absolute atomic E-state index is 12.8. The zero-order chi connectivity index (χ0) is 25.3. The molecule has 0 unspecified atom stereocenters. The summed E-state index contributed by atoms with van der Waals surface area (Å²) in [6.07, 6.45) is 2.22. The Bertz CT molecular complexity index is 1490. The number of halogens is 1. The number of rotatable bonds is 8. The molecule has 1 N–H and O–H groups in total. The molecule has 0 spiro atoms. The zero-order valence-corrected chi connectivity index (χ0v) is 22.3. The maximum Gasteiger partial charge on any atom is 0.133 e. The van der Waals surface area contributed by atoms with Crippen LogP contribution in [0.15, 0.2) is 100 Å². The van der Waals surface area contributed by atoms with E-state index in [9.17, 15) is 5.11 Å². The molecule has 1 heterocycles. The first-order chi connectivity index (χ1) is 17.4. The van der Waals surface area contributed by atoms with Gasteiger partial charge in [-0.3, -0.25) is 0 Å². The summed E-state index contributed by atoms with van der Waals surface area (Å²) in [4.78, 5) is 2.11. The van der Waals surface area contributed by atoms with Crippen molar-refractivity contribution in [1.82, 2.24) is 4.90 Å². The standard InChI is InChI=1S/C31H30BrNO3/c1-33(2)15-14-31(34,25-10-12-28-23(17-25)13-16-36-28)30(21-7-5-4-6-8-21)27-19-24-18-26(32)11-9-22(24)20-29(27)35-3/h4-13,16-20,30,34H,14-15H2,1-3H3/t30-,31-/m1/s1. The summed E-state index contributed by atoms with van der Waals surface area (Å²) in [6.45, 7) is 0.713. The molecule has 0 saturated carbocycles. The summed E-state index contributed by atoms with van der Waals surface area (Å²) in [5.41, 5.74) is 2.41. The van der Waals surface area contributed by atoms with Crippen molar-refractivity contribution in [3.8, 4) is 5.75 Å². The van der Waals surface area contributed by atoms with E-state index < -0.39 is 5.60 Å². The predicted molar refractivity (Wildman–Crippen MR) is 150 cm³/mol. The Labute approximate surface area is 220 Å². The zero-order valence-electron chi connectivity index (χ0n) is 20.7. The van der Waals surface area contributed by atoms with Crippen LogP contribution in [0.3, 0.4) is 0 Å². The van der Waals surface area contributed by atoms with Gasteiger partial charge in [-0.25, -0.2) is 0 Å². The van der Waals surface area contributed by atoms with Crippen LogP contribution in [-0.2, 0) is 5.60 Å². The molecule has 5 aromatic rings. The quantitative estimate of drug-likeness (QED) is 0.222. The Morgan fingerprint density at radius 2 is 1.72 bits per heavy atom. The average molecular weight is 544 g/mol. The first kappa shape index (κ1) is 24.6. The van der Waals surface area contributed by atoms with Crippen molar-refractivity contribution in [3.05, 3.63) is 112 Å². The van der Waals surface area contributed by atoms with Gasteiger partial charge in [-0.05, 0) is 84.9 Å². The van der Waals surface area contributed by atoms with Gasteiger partial charge in [0.2, 0.25) is 0 Å². The number of benzene rings is 4. The Morgan fingerprint density at radius 1 is 0.917 bits per heavy atom. The van der Waals surface area contributed by atoms with Gasteiger partial charge >= 0.3 is 0 Å². The van der Waals surface area contributed by atoms with Crippen LogP contribution in [-0.4, -0.2) is 37.8 Å². The van der Waals surface area contributed by atoms with E-state index >= 15 is 0 Å². The highest BCUT2D eigenvalue weighted by atomic mass is 79.9. The normalized spacial score (nSPS) is 14.3. The fourth-order valence-corrected chi connectivity index (χ4v) is 5.49. The molecule has 2 atom stereocenters. The van der Waals surface area contributed by atoms with Crippen molar-refractivity contribution in [2.24, 2.45) is 0 Å². The molecule has 0 aliphatic heterocycles.